The summed E-state index contributed by atoms with van der Waals surface area (Å²) in [5, 5.41) is 5.35. The first-order valence-corrected chi connectivity index (χ1v) is 9.22. The van der Waals surface area contributed by atoms with E-state index in [-0.39, 0.29) is 12.4 Å². The fourth-order valence-corrected chi connectivity index (χ4v) is 2.83. The summed E-state index contributed by atoms with van der Waals surface area (Å²) in [6.45, 7) is 1.58. The molecule has 0 atom stereocenters. The third-order valence-electron chi connectivity index (χ3n) is 4.16. The maximum Gasteiger partial charge on any atom is 0.241 e. The molecule has 0 bridgehead atoms. The number of benzene rings is 2. The summed E-state index contributed by atoms with van der Waals surface area (Å²) in [6.07, 6.45) is 2.91. The highest BCUT2D eigenvalue weighted by Crippen LogP contribution is 2.31. The molecular weight excluding hydrogens is 397 g/mol. The molecule has 150 valence electrons. The molecule has 2 aromatic carbocycles. The van der Waals surface area contributed by atoms with Gasteiger partial charge in [-0.05, 0) is 62.5 Å². The number of hydrogen-bond acceptors (Lipinski definition) is 4. The van der Waals surface area contributed by atoms with Gasteiger partial charge in [-0.25, -0.2) is 4.68 Å². The van der Waals surface area contributed by atoms with Crippen LogP contribution in [0.5, 0.6) is 11.6 Å². The van der Waals surface area contributed by atoms with Crippen LogP contribution in [-0.4, -0.2) is 49.0 Å². The number of nitrogens with zero attached hydrogens (tertiary/aromatic N) is 3. The van der Waals surface area contributed by atoms with Gasteiger partial charge in [0.2, 0.25) is 5.88 Å². The molecule has 1 heterocycles. The molecule has 1 aromatic heterocycles. The Hall–Kier alpha value is -2.21. The third-order valence-corrected chi connectivity index (χ3v) is 4.41. The predicted octanol–water partition coefficient (Wildman–Crippen LogP) is 4.95. The second kappa shape index (κ2) is 10.4. The lowest BCUT2D eigenvalue weighted by Gasteiger charge is -2.10. The average molecular weight is 422 g/mol. The van der Waals surface area contributed by atoms with Crippen LogP contribution in [0.15, 0.2) is 54.7 Å². The summed E-state index contributed by atoms with van der Waals surface area (Å²) < 4.78 is 13.1. The number of halogens is 2. The van der Waals surface area contributed by atoms with Crippen LogP contribution in [0.25, 0.3) is 16.8 Å². The molecule has 0 spiro atoms. The highest BCUT2D eigenvalue weighted by atomic mass is 35.5. The molecule has 0 N–H and O–H groups in total. The zero-order valence-electron chi connectivity index (χ0n) is 16.3. The first kappa shape index (κ1) is 22.1. The molecule has 0 amide bonds. The van der Waals surface area contributed by atoms with Gasteiger partial charge in [0.05, 0.1) is 25.0 Å². The Balaban J connectivity index is 0.00000280. The largest absolute Gasteiger partial charge is 0.497 e. The molecule has 7 heteroatoms. The number of hydrogen-bond donors (Lipinski definition) is 0. The Kier molecular flexibility index (Phi) is 8.18. The molecule has 0 saturated carbocycles. The lowest BCUT2D eigenvalue weighted by atomic mass is 10.1. The normalized spacial score (nSPS) is 10.6. The summed E-state index contributed by atoms with van der Waals surface area (Å²) in [7, 11) is 5.77. The van der Waals surface area contributed by atoms with Crippen molar-refractivity contribution < 1.29 is 9.47 Å². The summed E-state index contributed by atoms with van der Waals surface area (Å²) >= 11 is 6.00. The summed E-state index contributed by atoms with van der Waals surface area (Å²) in [5.41, 5.74) is 2.90. The van der Waals surface area contributed by atoms with E-state index < -0.39 is 0 Å². The van der Waals surface area contributed by atoms with Gasteiger partial charge in [-0.15, -0.1) is 17.5 Å². The van der Waals surface area contributed by atoms with Gasteiger partial charge in [-0.1, -0.05) is 23.7 Å². The van der Waals surface area contributed by atoms with E-state index in [0.29, 0.717) is 17.5 Å². The number of ether oxygens (including phenoxy) is 2. The Bertz CT molecular complexity index is 862. The highest BCUT2D eigenvalue weighted by Gasteiger charge is 2.14. The van der Waals surface area contributed by atoms with Crippen LogP contribution in [-0.2, 0) is 0 Å². The number of aromatic nitrogens is 2. The van der Waals surface area contributed by atoms with Crippen molar-refractivity contribution in [2.45, 2.75) is 6.42 Å². The maximum absolute atomic E-state index is 6.01. The Labute approximate surface area is 177 Å². The Morgan fingerprint density at radius 2 is 1.71 bits per heavy atom. The molecule has 0 fully saturated rings. The number of rotatable bonds is 8. The van der Waals surface area contributed by atoms with Gasteiger partial charge in [0.15, 0.2) is 0 Å². The van der Waals surface area contributed by atoms with Crippen LogP contribution in [0.4, 0.5) is 0 Å². The molecule has 0 unspecified atom stereocenters. The van der Waals surface area contributed by atoms with Crippen LogP contribution in [0, 0.1) is 0 Å². The van der Waals surface area contributed by atoms with E-state index in [1.807, 2.05) is 59.4 Å². The van der Waals surface area contributed by atoms with Gasteiger partial charge in [-0.2, -0.15) is 0 Å². The van der Waals surface area contributed by atoms with Gasteiger partial charge in [-0.3, -0.25) is 0 Å². The van der Waals surface area contributed by atoms with Gasteiger partial charge >= 0.3 is 0 Å². The molecule has 0 aliphatic heterocycles. The van der Waals surface area contributed by atoms with Crippen molar-refractivity contribution >= 4 is 24.0 Å². The van der Waals surface area contributed by atoms with Gasteiger partial charge in [0.1, 0.15) is 5.75 Å². The SMILES string of the molecule is COc1ccc(-c2cn(-c3ccc(Cl)cc3)nc2OCCCN(C)C)cc1.Cl. The smallest absolute Gasteiger partial charge is 0.241 e. The van der Waals surface area contributed by atoms with E-state index in [1.54, 1.807) is 7.11 Å². The lowest BCUT2D eigenvalue weighted by Crippen LogP contribution is -2.15. The van der Waals surface area contributed by atoms with Crippen LogP contribution in [0.1, 0.15) is 6.42 Å². The molecule has 0 aliphatic rings. The fourth-order valence-electron chi connectivity index (χ4n) is 2.71. The van der Waals surface area contributed by atoms with Gasteiger partial charge in [0, 0.05) is 17.8 Å². The van der Waals surface area contributed by atoms with E-state index in [4.69, 9.17) is 21.1 Å². The summed E-state index contributed by atoms with van der Waals surface area (Å²) in [5.74, 6) is 1.44. The second-order valence-electron chi connectivity index (χ2n) is 6.50. The molecular formula is C21H25Cl2N3O2. The zero-order chi connectivity index (χ0) is 19.2. The second-order valence-corrected chi connectivity index (χ2v) is 6.94. The van der Waals surface area contributed by atoms with Crippen molar-refractivity contribution in [3.63, 3.8) is 0 Å². The van der Waals surface area contributed by atoms with Crippen LogP contribution >= 0.6 is 24.0 Å². The van der Waals surface area contributed by atoms with Crippen LogP contribution < -0.4 is 9.47 Å². The van der Waals surface area contributed by atoms with Crippen molar-refractivity contribution in [1.29, 1.82) is 0 Å². The minimum Gasteiger partial charge on any atom is -0.497 e. The molecule has 3 aromatic rings. The summed E-state index contributed by atoms with van der Waals surface area (Å²) in [4.78, 5) is 2.14. The van der Waals surface area contributed by atoms with E-state index in [9.17, 15) is 0 Å². The molecule has 0 radical (unpaired) electrons. The minimum atomic E-state index is 0. The van der Waals surface area contributed by atoms with Crippen molar-refractivity contribution in [1.82, 2.24) is 14.7 Å². The maximum atomic E-state index is 6.01. The lowest BCUT2D eigenvalue weighted by molar-refractivity contribution is 0.273. The Morgan fingerprint density at radius 1 is 1.04 bits per heavy atom. The Morgan fingerprint density at radius 3 is 2.32 bits per heavy atom. The average Bonchev–Trinajstić information content (AvgIpc) is 3.10. The van der Waals surface area contributed by atoms with E-state index in [0.717, 1.165) is 35.5 Å². The molecule has 3 rings (SSSR count). The number of methoxy groups -OCH3 is 1. The quantitative estimate of drug-likeness (QED) is 0.482. The van der Waals surface area contributed by atoms with Gasteiger partial charge < -0.3 is 14.4 Å². The molecule has 0 saturated heterocycles. The first-order valence-electron chi connectivity index (χ1n) is 8.84. The predicted molar refractivity (Wildman–Crippen MR) is 116 cm³/mol. The van der Waals surface area contributed by atoms with Crippen molar-refractivity contribution in [2.75, 3.05) is 34.4 Å². The monoisotopic (exact) mass is 421 g/mol. The van der Waals surface area contributed by atoms with Crippen LogP contribution in [0.3, 0.4) is 0 Å². The van der Waals surface area contributed by atoms with Crippen molar-refractivity contribution in [3.8, 4) is 28.4 Å². The molecule has 5 nitrogen and oxygen atoms in total. The molecule has 28 heavy (non-hydrogen) atoms. The standard InChI is InChI=1S/C21H24ClN3O2.ClH/c1-24(2)13-4-14-27-21-20(16-5-11-19(26-3)12-6-16)15-25(23-21)18-9-7-17(22)8-10-18;/h5-12,15H,4,13-14H2,1-3H3;1H. The van der Waals surface area contributed by atoms with Crippen molar-refractivity contribution in [3.05, 3.63) is 59.8 Å². The topological polar surface area (TPSA) is 39.5 Å². The molecule has 0 aliphatic carbocycles. The van der Waals surface area contributed by atoms with E-state index >= 15 is 0 Å². The zero-order valence-corrected chi connectivity index (χ0v) is 17.8. The van der Waals surface area contributed by atoms with Crippen LogP contribution in [0.2, 0.25) is 5.02 Å². The fraction of sp³-hybridized carbons (Fsp3) is 0.286. The van der Waals surface area contributed by atoms with Gasteiger partial charge in [0.25, 0.3) is 0 Å². The minimum absolute atomic E-state index is 0. The third kappa shape index (κ3) is 5.64. The first-order chi connectivity index (χ1) is 13.1. The van der Waals surface area contributed by atoms with E-state index in [1.165, 1.54) is 0 Å². The highest BCUT2D eigenvalue weighted by molar-refractivity contribution is 6.30. The summed E-state index contributed by atoms with van der Waals surface area (Å²) in [6, 6.07) is 15.5. The van der Waals surface area contributed by atoms with Crippen molar-refractivity contribution in [2.24, 2.45) is 0 Å². The van der Waals surface area contributed by atoms with E-state index in [2.05, 4.69) is 24.1 Å².